The van der Waals surface area contributed by atoms with Gasteiger partial charge in [-0.1, -0.05) is 31.2 Å². The smallest absolute Gasteiger partial charge is 0.119 e. The van der Waals surface area contributed by atoms with Crippen molar-refractivity contribution in [1.29, 1.82) is 0 Å². The Hall–Kier alpha value is -2.00. The van der Waals surface area contributed by atoms with Gasteiger partial charge in [0.1, 0.15) is 11.5 Å². The van der Waals surface area contributed by atoms with Gasteiger partial charge >= 0.3 is 0 Å². The van der Waals surface area contributed by atoms with Gasteiger partial charge in [0.15, 0.2) is 0 Å². The maximum absolute atomic E-state index is 10.2. The number of nitrogens with zero attached hydrogens (tertiary/aromatic N) is 1. The van der Waals surface area contributed by atoms with Crippen LogP contribution in [0.1, 0.15) is 36.5 Å². The van der Waals surface area contributed by atoms with Gasteiger partial charge in [0.25, 0.3) is 0 Å². The van der Waals surface area contributed by atoms with Crippen LogP contribution in [-0.2, 0) is 19.3 Å². The van der Waals surface area contributed by atoms with Crippen molar-refractivity contribution in [3.63, 3.8) is 0 Å². The SMILES string of the molecule is CCCN(CCc1ccc(O)cc1)[C@@H]1CCc2cccc(O)c2C1. The molecule has 0 unspecified atom stereocenters. The van der Waals surface area contributed by atoms with Crippen molar-refractivity contribution >= 4 is 0 Å². The van der Waals surface area contributed by atoms with Crippen LogP contribution < -0.4 is 0 Å². The predicted molar refractivity (Wildman–Crippen MR) is 97.6 cm³/mol. The van der Waals surface area contributed by atoms with E-state index in [1.165, 1.54) is 11.1 Å². The van der Waals surface area contributed by atoms with E-state index in [1.54, 1.807) is 12.1 Å². The molecule has 2 N–H and O–H groups in total. The molecule has 0 saturated carbocycles. The van der Waals surface area contributed by atoms with Crippen LogP contribution >= 0.6 is 0 Å². The lowest BCUT2D eigenvalue weighted by molar-refractivity contribution is 0.180. The molecule has 3 heteroatoms. The summed E-state index contributed by atoms with van der Waals surface area (Å²) in [6.45, 7) is 4.33. The zero-order chi connectivity index (χ0) is 16.9. The molecule has 0 amide bonds. The van der Waals surface area contributed by atoms with Gasteiger partial charge in [-0.25, -0.2) is 0 Å². The molecule has 24 heavy (non-hydrogen) atoms. The minimum absolute atomic E-state index is 0.323. The highest BCUT2D eigenvalue weighted by Gasteiger charge is 2.25. The number of aryl methyl sites for hydroxylation is 1. The lowest BCUT2D eigenvalue weighted by Crippen LogP contribution is -2.41. The summed E-state index contributed by atoms with van der Waals surface area (Å²) in [4.78, 5) is 2.57. The molecule has 3 rings (SSSR count). The Morgan fingerprint density at radius 1 is 1.04 bits per heavy atom. The van der Waals surface area contributed by atoms with Crippen molar-refractivity contribution in [1.82, 2.24) is 4.90 Å². The topological polar surface area (TPSA) is 43.7 Å². The van der Waals surface area contributed by atoms with Crippen molar-refractivity contribution in [2.75, 3.05) is 13.1 Å². The highest BCUT2D eigenvalue weighted by Crippen LogP contribution is 2.31. The number of phenols is 2. The third-order valence-corrected chi connectivity index (χ3v) is 5.09. The third kappa shape index (κ3) is 3.90. The zero-order valence-corrected chi connectivity index (χ0v) is 14.4. The molecule has 0 heterocycles. The minimum Gasteiger partial charge on any atom is -0.508 e. The van der Waals surface area contributed by atoms with Crippen molar-refractivity contribution in [3.05, 3.63) is 59.2 Å². The Bertz CT molecular complexity index is 666. The second kappa shape index (κ2) is 7.71. The molecular weight excluding hydrogens is 298 g/mol. The summed E-state index contributed by atoms with van der Waals surface area (Å²) in [6, 6.07) is 13.9. The van der Waals surface area contributed by atoms with Crippen LogP contribution in [0.2, 0.25) is 0 Å². The maximum atomic E-state index is 10.2. The maximum Gasteiger partial charge on any atom is 0.119 e. The van der Waals surface area contributed by atoms with E-state index in [0.717, 1.165) is 50.8 Å². The van der Waals surface area contributed by atoms with E-state index in [-0.39, 0.29) is 0 Å². The number of phenolic OH excluding ortho intramolecular Hbond substituents is 2. The Kier molecular flexibility index (Phi) is 5.41. The second-order valence-corrected chi connectivity index (χ2v) is 6.76. The Morgan fingerprint density at radius 2 is 1.83 bits per heavy atom. The molecule has 0 radical (unpaired) electrons. The fourth-order valence-electron chi connectivity index (χ4n) is 3.76. The highest BCUT2D eigenvalue weighted by molar-refractivity contribution is 5.41. The number of hydrogen-bond donors (Lipinski definition) is 2. The fraction of sp³-hybridized carbons (Fsp3) is 0.429. The molecule has 2 aromatic carbocycles. The monoisotopic (exact) mass is 325 g/mol. The Balaban J connectivity index is 1.67. The van der Waals surface area contributed by atoms with Gasteiger partial charge in [-0.2, -0.15) is 0 Å². The largest absolute Gasteiger partial charge is 0.508 e. The molecule has 0 bridgehead atoms. The van der Waals surface area contributed by atoms with Crippen molar-refractivity contribution in [2.45, 2.75) is 45.1 Å². The van der Waals surface area contributed by atoms with Crippen molar-refractivity contribution < 1.29 is 10.2 Å². The number of rotatable bonds is 6. The average Bonchev–Trinajstić information content (AvgIpc) is 2.60. The lowest BCUT2D eigenvalue weighted by Gasteiger charge is -2.35. The Morgan fingerprint density at radius 3 is 2.58 bits per heavy atom. The molecular formula is C21H27NO2. The van der Waals surface area contributed by atoms with Crippen LogP contribution in [0.3, 0.4) is 0 Å². The second-order valence-electron chi connectivity index (χ2n) is 6.76. The first-order chi connectivity index (χ1) is 11.7. The molecule has 1 aliphatic rings. The minimum atomic E-state index is 0.323. The van der Waals surface area contributed by atoms with Gasteiger partial charge in [-0.15, -0.1) is 0 Å². The average molecular weight is 325 g/mol. The third-order valence-electron chi connectivity index (χ3n) is 5.09. The normalized spacial score (nSPS) is 17.0. The van der Waals surface area contributed by atoms with Gasteiger partial charge < -0.3 is 10.2 Å². The number of hydrogen-bond acceptors (Lipinski definition) is 3. The molecule has 0 fully saturated rings. The van der Waals surface area contributed by atoms with Gasteiger partial charge in [-0.05, 0) is 73.5 Å². The quantitative estimate of drug-likeness (QED) is 0.846. The van der Waals surface area contributed by atoms with Crippen LogP contribution in [-0.4, -0.2) is 34.2 Å². The predicted octanol–water partition coefficient (Wildman–Crippen LogP) is 3.91. The summed E-state index contributed by atoms with van der Waals surface area (Å²) in [5, 5.41) is 19.6. The number of aromatic hydroxyl groups is 2. The van der Waals surface area contributed by atoms with Crippen LogP contribution in [0.25, 0.3) is 0 Å². The summed E-state index contributed by atoms with van der Waals surface area (Å²) >= 11 is 0. The van der Waals surface area contributed by atoms with Crippen molar-refractivity contribution in [2.24, 2.45) is 0 Å². The molecule has 0 aliphatic heterocycles. The lowest BCUT2D eigenvalue weighted by atomic mass is 9.86. The zero-order valence-electron chi connectivity index (χ0n) is 14.4. The van der Waals surface area contributed by atoms with Gasteiger partial charge in [0, 0.05) is 12.6 Å². The molecule has 2 aromatic rings. The molecule has 0 aromatic heterocycles. The van der Waals surface area contributed by atoms with Gasteiger partial charge in [-0.3, -0.25) is 4.90 Å². The molecule has 0 spiro atoms. The first-order valence-corrected chi connectivity index (χ1v) is 8.99. The van der Waals surface area contributed by atoms with E-state index < -0.39 is 0 Å². The van der Waals surface area contributed by atoms with E-state index in [0.29, 0.717) is 17.5 Å². The van der Waals surface area contributed by atoms with Crippen LogP contribution in [0.15, 0.2) is 42.5 Å². The van der Waals surface area contributed by atoms with E-state index in [9.17, 15) is 10.2 Å². The molecule has 3 nitrogen and oxygen atoms in total. The van der Waals surface area contributed by atoms with E-state index in [2.05, 4.69) is 17.9 Å². The highest BCUT2D eigenvalue weighted by atomic mass is 16.3. The number of benzene rings is 2. The number of fused-ring (bicyclic) bond motifs is 1. The van der Waals surface area contributed by atoms with E-state index in [1.807, 2.05) is 24.3 Å². The van der Waals surface area contributed by atoms with Crippen LogP contribution in [0.5, 0.6) is 11.5 Å². The standard InChI is InChI=1S/C21H27NO2/c1-2-13-22(14-12-16-6-10-19(23)11-7-16)18-9-8-17-4-3-5-21(24)20(17)15-18/h3-7,10-11,18,23-24H,2,8-9,12-15H2,1H3/t18-/m1/s1. The van der Waals surface area contributed by atoms with Gasteiger partial charge in [0.2, 0.25) is 0 Å². The van der Waals surface area contributed by atoms with E-state index >= 15 is 0 Å². The first-order valence-electron chi connectivity index (χ1n) is 8.99. The van der Waals surface area contributed by atoms with Crippen LogP contribution in [0.4, 0.5) is 0 Å². The Labute approximate surface area is 144 Å². The summed E-state index contributed by atoms with van der Waals surface area (Å²) in [7, 11) is 0. The van der Waals surface area contributed by atoms with Gasteiger partial charge in [0.05, 0.1) is 0 Å². The molecule has 1 atom stereocenters. The summed E-state index contributed by atoms with van der Waals surface area (Å²) in [6.07, 6.45) is 5.28. The first kappa shape index (κ1) is 16.8. The van der Waals surface area contributed by atoms with Crippen molar-refractivity contribution in [3.8, 4) is 11.5 Å². The summed E-state index contributed by atoms with van der Waals surface area (Å²) < 4.78 is 0. The molecule has 1 aliphatic carbocycles. The summed E-state index contributed by atoms with van der Waals surface area (Å²) in [5.41, 5.74) is 3.70. The fourth-order valence-corrected chi connectivity index (χ4v) is 3.76. The van der Waals surface area contributed by atoms with Crippen LogP contribution in [0, 0.1) is 0 Å². The molecule has 128 valence electrons. The van der Waals surface area contributed by atoms with E-state index in [4.69, 9.17) is 0 Å². The molecule has 0 saturated heterocycles. The summed E-state index contributed by atoms with van der Waals surface area (Å²) in [5.74, 6) is 0.774.